The standard InChI is InChI=1S/C12H13NO3/c1-16-12(15)10-5-6-11(13)9(8-10)4-2-3-7-14/h2,4-8H,3,13H2,1H3. The molecule has 0 aliphatic carbocycles. The predicted octanol–water partition coefficient (Wildman–Crippen LogP) is 1.66. The van der Waals surface area contributed by atoms with Crippen molar-refractivity contribution >= 4 is 24.0 Å². The zero-order chi connectivity index (χ0) is 12.0. The summed E-state index contributed by atoms with van der Waals surface area (Å²) in [5.74, 6) is -0.412. The third kappa shape index (κ3) is 2.95. The van der Waals surface area contributed by atoms with Crippen LogP contribution in [-0.4, -0.2) is 19.4 Å². The van der Waals surface area contributed by atoms with Crippen molar-refractivity contribution < 1.29 is 14.3 Å². The van der Waals surface area contributed by atoms with Crippen LogP contribution < -0.4 is 5.73 Å². The van der Waals surface area contributed by atoms with Gasteiger partial charge < -0.3 is 15.3 Å². The Morgan fingerprint density at radius 1 is 1.50 bits per heavy atom. The molecule has 16 heavy (non-hydrogen) atoms. The van der Waals surface area contributed by atoms with E-state index in [0.717, 1.165) is 6.29 Å². The van der Waals surface area contributed by atoms with Gasteiger partial charge in [0.15, 0.2) is 0 Å². The van der Waals surface area contributed by atoms with E-state index < -0.39 is 5.97 Å². The van der Waals surface area contributed by atoms with Crippen molar-refractivity contribution in [3.63, 3.8) is 0 Å². The molecule has 0 aromatic heterocycles. The molecule has 2 N–H and O–H groups in total. The van der Waals surface area contributed by atoms with E-state index in [2.05, 4.69) is 4.74 Å². The molecule has 0 spiro atoms. The molecule has 0 atom stereocenters. The number of nitrogen functional groups attached to an aromatic ring is 1. The average Bonchev–Trinajstić information content (AvgIpc) is 2.31. The first kappa shape index (κ1) is 12.0. The number of hydrogen-bond acceptors (Lipinski definition) is 4. The summed E-state index contributed by atoms with van der Waals surface area (Å²) in [5, 5.41) is 0. The number of anilines is 1. The quantitative estimate of drug-likeness (QED) is 0.475. The van der Waals surface area contributed by atoms with Crippen LogP contribution in [0.25, 0.3) is 6.08 Å². The lowest BCUT2D eigenvalue weighted by molar-refractivity contribution is -0.107. The number of carbonyl (C=O) groups excluding carboxylic acids is 2. The van der Waals surface area contributed by atoms with Crippen molar-refractivity contribution in [2.24, 2.45) is 0 Å². The number of nitrogens with two attached hydrogens (primary N) is 1. The zero-order valence-corrected chi connectivity index (χ0v) is 8.97. The van der Waals surface area contributed by atoms with Gasteiger partial charge in [0.05, 0.1) is 12.7 Å². The lowest BCUT2D eigenvalue weighted by Gasteiger charge is -2.03. The molecular formula is C12H13NO3. The fourth-order valence-electron chi connectivity index (χ4n) is 1.21. The van der Waals surface area contributed by atoms with Gasteiger partial charge in [0, 0.05) is 12.1 Å². The Morgan fingerprint density at radius 2 is 2.25 bits per heavy atom. The van der Waals surface area contributed by atoms with E-state index in [1.165, 1.54) is 7.11 Å². The smallest absolute Gasteiger partial charge is 0.337 e. The number of esters is 1. The minimum atomic E-state index is -0.412. The molecule has 0 aliphatic heterocycles. The summed E-state index contributed by atoms with van der Waals surface area (Å²) in [4.78, 5) is 21.4. The number of methoxy groups -OCH3 is 1. The zero-order valence-electron chi connectivity index (χ0n) is 8.97. The van der Waals surface area contributed by atoms with Crippen LogP contribution in [0.3, 0.4) is 0 Å². The van der Waals surface area contributed by atoms with Crippen LogP contribution in [0.4, 0.5) is 5.69 Å². The second kappa shape index (κ2) is 5.70. The molecule has 0 saturated carbocycles. The summed E-state index contributed by atoms with van der Waals surface area (Å²) in [5.41, 5.74) is 7.40. The number of aldehydes is 1. The Bertz CT molecular complexity index is 424. The molecule has 1 rings (SSSR count). The molecule has 0 fully saturated rings. The molecule has 84 valence electrons. The molecule has 1 aromatic rings. The van der Waals surface area contributed by atoms with Crippen LogP contribution in [0.1, 0.15) is 22.3 Å². The van der Waals surface area contributed by atoms with E-state index in [-0.39, 0.29) is 0 Å². The van der Waals surface area contributed by atoms with Gasteiger partial charge in [0.1, 0.15) is 6.29 Å². The summed E-state index contributed by atoms with van der Waals surface area (Å²) >= 11 is 0. The normalized spacial score (nSPS) is 10.3. The Labute approximate surface area is 93.7 Å². The summed E-state index contributed by atoms with van der Waals surface area (Å²) in [6.45, 7) is 0. The maximum absolute atomic E-state index is 11.3. The molecular weight excluding hydrogens is 206 g/mol. The highest BCUT2D eigenvalue weighted by Crippen LogP contribution is 2.16. The van der Waals surface area contributed by atoms with Crippen molar-refractivity contribution in [2.45, 2.75) is 6.42 Å². The first-order valence-electron chi connectivity index (χ1n) is 4.77. The first-order chi connectivity index (χ1) is 7.69. The van der Waals surface area contributed by atoms with Crippen LogP contribution in [0.15, 0.2) is 24.3 Å². The van der Waals surface area contributed by atoms with Gasteiger partial charge >= 0.3 is 5.97 Å². The molecule has 0 unspecified atom stereocenters. The number of hydrogen-bond donors (Lipinski definition) is 1. The van der Waals surface area contributed by atoms with Crippen molar-refractivity contribution in [1.82, 2.24) is 0 Å². The lowest BCUT2D eigenvalue weighted by atomic mass is 10.1. The third-order valence-corrected chi connectivity index (χ3v) is 2.04. The molecule has 0 radical (unpaired) electrons. The number of carbonyl (C=O) groups is 2. The van der Waals surface area contributed by atoms with E-state index >= 15 is 0 Å². The van der Waals surface area contributed by atoms with Gasteiger partial charge in [-0.05, 0) is 23.8 Å². The van der Waals surface area contributed by atoms with Crippen molar-refractivity contribution in [3.05, 3.63) is 35.4 Å². The van der Waals surface area contributed by atoms with Gasteiger partial charge in [-0.2, -0.15) is 0 Å². The molecule has 0 bridgehead atoms. The molecule has 4 nitrogen and oxygen atoms in total. The van der Waals surface area contributed by atoms with Crippen LogP contribution in [0.5, 0.6) is 0 Å². The first-order valence-corrected chi connectivity index (χ1v) is 4.77. The molecule has 0 aliphatic rings. The Hall–Kier alpha value is -2.10. The fourth-order valence-corrected chi connectivity index (χ4v) is 1.21. The van der Waals surface area contributed by atoms with Gasteiger partial charge in [-0.15, -0.1) is 0 Å². The Kier molecular flexibility index (Phi) is 4.27. The number of ether oxygens (including phenoxy) is 1. The van der Waals surface area contributed by atoms with Gasteiger partial charge in [0.2, 0.25) is 0 Å². The molecule has 0 amide bonds. The lowest BCUT2D eigenvalue weighted by Crippen LogP contribution is -2.02. The number of benzene rings is 1. The van der Waals surface area contributed by atoms with Crippen molar-refractivity contribution in [3.8, 4) is 0 Å². The minimum absolute atomic E-state index is 0.321. The summed E-state index contributed by atoms with van der Waals surface area (Å²) in [7, 11) is 1.32. The summed E-state index contributed by atoms with van der Waals surface area (Å²) < 4.78 is 4.60. The topological polar surface area (TPSA) is 69.4 Å². The number of allylic oxidation sites excluding steroid dienone is 1. The molecule has 0 saturated heterocycles. The SMILES string of the molecule is COC(=O)c1ccc(N)c(C=CCC=O)c1. The second-order valence-corrected chi connectivity index (χ2v) is 3.14. The highest BCUT2D eigenvalue weighted by molar-refractivity contribution is 5.91. The number of rotatable bonds is 4. The Morgan fingerprint density at radius 3 is 2.88 bits per heavy atom. The van der Waals surface area contributed by atoms with Crippen molar-refractivity contribution in [1.29, 1.82) is 0 Å². The molecule has 1 aromatic carbocycles. The van der Waals surface area contributed by atoms with Crippen LogP contribution >= 0.6 is 0 Å². The van der Waals surface area contributed by atoms with Gasteiger partial charge in [-0.3, -0.25) is 0 Å². The maximum Gasteiger partial charge on any atom is 0.337 e. The third-order valence-electron chi connectivity index (χ3n) is 2.04. The highest BCUT2D eigenvalue weighted by Gasteiger charge is 2.06. The Balaban J connectivity index is 2.99. The van der Waals surface area contributed by atoms with E-state index in [1.807, 2.05) is 0 Å². The van der Waals surface area contributed by atoms with Crippen LogP contribution in [-0.2, 0) is 9.53 Å². The van der Waals surface area contributed by atoms with Gasteiger partial charge in [-0.1, -0.05) is 12.2 Å². The monoisotopic (exact) mass is 219 g/mol. The second-order valence-electron chi connectivity index (χ2n) is 3.14. The minimum Gasteiger partial charge on any atom is -0.465 e. The van der Waals surface area contributed by atoms with Crippen LogP contribution in [0.2, 0.25) is 0 Å². The van der Waals surface area contributed by atoms with E-state index in [9.17, 15) is 9.59 Å². The molecule has 4 heteroatoms. The van der Waals surface area contributed by atoms with Gasteiger partial charge in [0.25, 0.3) is 0 Å². The largest absolute Gasteiger partial charge is 0.465 e. The van der Waals surface area contributed by atoms with Crippen LogP contribution in [0, 0.1) is 0 Å². The van der Waals surface area contributed by atoms with E-state index in [4.69, 9.17) is 5.73 Å². The van der Waals surface area contributed by atoms with Gasteiger partial charge in [-0.25, -0.2) is 4.79 Å². The maximum atomic E-state index is 11.3. The fraction of sp³-hybridized carbons (Fsp3) is 0.167. The van der Waals surface area contributed by atoms with Crippen molar-refractivity contribution in [2.75, 3.05) is 12.8 Å². The van der Waals surface area contributed by atoms with E-state index in [1.54, 1.807) is 30.4 Å². The van der Waals surface area contributed by atoms with E-state index in [0.29, 0.717) is 23.2 Å². The summed E-state index contributed by atoms with van der Waals surface area (Å²) in [6.07, 6.45) is 4.49. The average molecular weight is 219 g/mol. The molecule has 0 heterocycles. The summed E-state index contributed by atoms with van der Waals surface area (Å²) in [6, 6.07) is 4.85. The predicted molar refractivity (Wildman–Crippen MR) is 61.9 cm³/mol. The highest BCUT2D eigenvalue weighted by atomic mass is 16.5.